The predicted octanol–water partition coefficient (Wildman–Crippen LogP) is 1.63. The van der Waals surface area contributed by atoms with Crippen LogP contribution in [-0.2, 0) is 20.2 Å². The molecule has 10 heteroatoms. The molecule has 0 amide bonds. The largest absolute Gasteiger partial charge is 0.506 e. The second-order valence-electron chi connectivity index (χ2n) is 4.29. The van der Waals surface area contributed by atoms with E-state index >= 15 is 0 Å². The van der Waals surface area contributed by atoms with Gasteiger partial charge in [0.2, 0.25) is 0 Å². The van der Waals surface area contributed by atoms with Crippen molar-refractivity contribution >= 4 is 31.6 Å². The molecule has 2 aromatic rings. The first-order chi connectivity index (χ1) is 10.1. The van der Waals surface area contributed by atoms with E-state index in [4.69, 9.17) is 9.11 Å². The van der Waals surface area contributed by atoms with E-state index in [0.717, 1.165) is 18.2 Å². The lowest BCUT2D eigenvalue weighted by molar-refractivity contribution is 0.443. The van der Waals surface area contributed by atoms with Gasteiger partial charge in [0.25, 0.3) is 20.2 Å². The summed E-state index contributed by atoms with van der Waals surface area (Å²) >= 11 is 0. The number of aromatic hydroxyl groups is 1. The highest BCUT2D eigenvalue weighted by molar-refractivity contribution is 7.86. The minimum atomic E-state index is -4.54. The Kier molecular flexibility index (Phi) is 4.11. The summed E-state index contributed by atoms with van der Waals surface area (Å²) in [6, 6.07) is 8.54. The molecule has 0 radical (unpaired) electrons. The molecule has 2 aromatic carbocycles. The van der Waals surface area contributed by atoms with Crippen molar-refractivity contribution in [2.45, 2.75) is 9.79 Å². The van der Waals surface area contributed by atoms with Crippen molar-refractivity contribution in [1.29, 1.82) is 0 Å². The Labute approximate surface area is 126 Å². The number of nitrogens with one attached hydrogen (secondary N) is 1. The molecule has 0 heterocycles. The molecule has 0 fully saturated rings. The average molecular weight is 345 g/mol. The number of hydrogen-bond acceptors (Lipinski definition) is 6. The molecule has 0 aliphatic carbocycles. The fraction of sp³-hybridized carbons (Fsp3) is 0. The molecule has 0 saturated heterocycles. The van der Waals surface area contributed by atoms with E-state index in [1.807, 2.05) is 0 Å². The van der Waals surface area contributed by atoms with Gasteiger partial charge in [-0.25, -0.2) is 0 Å². The standard InChI is InChI=1S/C12H11NO7S2/c14-11-7-9(4-5-12(11)22(18,19)20)13-8-2-1-3-10(6-8)21(15,16)17/h1-7,13-14H,(H,15,16,17)(H,18,19,20). The molecule has 0 spiro atoms. The zero-order chi connectivity index (χ0) is 16.5. The van der Waals surface area contributed by atoms with Crippen LogP contribution in [0.15, 0.2) is 52.3 Å². The van der Waals surface area contributed by atoms with Gasteiger partial charge in [0.1, 0.15) is 10.6 Å². The third-order valence-electron chi connectivity index (χ3n) is 2.66. The summed E-state index contributed by atoms with van der Waals surface area (Å²) < 4.78 is 61.8. The predicted molar refractivity (Wildman–Crippen MR) is 77.5 cm³/mol. The summed E-state index contributed by atoms with van der Waals surface area (Å²) in [5.74, 6) is -0.668. The molecule has 0 bridgehead atoms. The molecule has 8 nitrogen and oxygen atoms in total. The summed E-state index contributed by atoms with van der Waals surface area (Å²) in [7, 11) is -8.89. The number of anilines is 2. The highest BCUT2D eigenvalue weighted by atomic mass is 32.2. The molecule has 0 saturated carbocycles. The van der Waals surface area contributed by atoms with Crippen LogP contribution in [0.3, 0.4) is 0 Å². The Morgan fingerprint density at radius 3 is 2.00 bits per heavy atom. The second-order valence-corrected chi connectivity index (χ2v) is 7.10. The fourth-order valence-electron chi connectivity index (χ4n) is 1.71. The first-order valence-corrected chi connectivity index (χ1v) is 8.60. The Morgan fingerprint density at radius 2 is 1.45 bits per heavy atom. The Morgan fingerprint density at radius 1 is 0.818 bits per heavy atom. The van der Waals surface area contributed by atoms with E-state index in [9.17, 15) is 21.9 Å². The maximum Gasteiger partial charge on any atom is 0.298 e. The molecular formula is C12H11NO7S2. The van der Waals surface area contributed by atoms with Gasteiger partial charge in [-0.3, -0.25) is 9.11 Å². The lowest BCUT2D eigenvalue weighted by Gasteiger charge is -2.09. The molecule has 118 valence electrons. The van der Waals surface area contributed by atoms with Crippen LogP contribution in [0.2, 0.25) is 0 Å². The maximum absolute atomic E-state index is 11.0. The lowest BCUT2D eigenvalue weighted by Crippen LogP contribution is -2.00. The second kappa shape index (κ2) is 5.57. The van der Waals surface area contributed by atoms with Crippen LogP contribution < -0.4 is 5.32 Å². The van der Waals surface area contributed by atoms with E-state index in [2.05, 4.69) is 5.32 Å². The van der Waals surface area contributed by atoms with Crippen LogP contribution in [0.25, 0.3) is 0 Å². The average Bonchev–Trinajstić information content (AvgIpc) is 2.36. The summed E-state index contributed by atoms with van der Waals surface area (Å²) in [5, 5.41) is 12.3. The van der Waals surface area contributed by atoms with Gasteiger partial charge in [-0.1, -0.05) is 6.07 Å². The van der Waals surface area contributed by atoms with E-state index in [0.29, 0.717) is 0 Å². The maximum atomic E-state index is 11.0. The molecule has 0 aliphatic rings. The van der Waals surface area contributed by atoms with Crippen molar-refractivity contribution in [3.8, 4) is 5.75 Å². The molecule has 4 N–H and O–H groups in total. The SMILES string of the molecule is O=S(=O)(O)c1cccc(Nc2ccc(S(=O)(=O)O)c(O)c2)c1. The van der Waals surface area contributed by atoms with Crippen molar-refractivity contribution in [2.24, 2.45) is 0 Å². The van der Waals surface area contributed by atoms with Gasteiger partial charge in [-0.15, -0.1) is 0 Å². The van der Waals surface area contributed by atoms with Crippen LogP contribution >= 0.6 is 0 Å². The molecule has 0 aromatic heterocycles. The van der Waals surface area contributed by atoms with Crippen LogP contribution in [0.4, 0.5) is 11.4 Å². The monoisotopic (exact) mass is 345 g/mol. The van der Waals surface area contributed by atoms with Gasteiger partial charge in [0.05, 0.1) is 4.90 Å². The molecule has 0 aliphatic heterocycles. The molecule has 22 heavy (non-hydrogen) atoms. The zero-order valence-corrected chi connectivity index (χ0v) is 12.5. The number of hydrogen-bond donors (Lipinski definition) is 4. The third kappa shape index (κ3) is 3.74. The van der Waals surface area contributed by atoms with E-state index in [-0.39, 0.29) is 16.3 Å². The van der Waals surface area contributed by atoms with Gasteiger partial charge < -0.3 is 10.4 Å². The van der Waals surface area contributed by atoms with Crippen LogP contribution in [-0.4, -0.2) is 31.0 Å². The number of benzene rings is 2. The minimum Gasteiger partial charge on any atom is -0.506 e. The molecule has 0 unspecified atom stereocenters. The first-order valence-electron chi connectivity index (χ1n) is 5.72. The Balaban J connectivity index is 2.35. The lowest BCUT2D eigenvalue weighted by atomic mass is 10.2. The van der Waals surface area contributed by atoms with Crippen molar-refractivity contribution in [3.63, 3.8) is 0 Å². The quantitative estimate of drug-likeness (QED) is 0.613. The van der Waals surface area contributed by atoms with Crippen LogP contribution in [0.5, 0.6) is 5.75 Å². The fourth-order valence-corrected chi connectivity index (χ4v) is 2.80. The molecular weight excluding hydrogens is 334 g/mol. The van der Waals surface area contributed by atoms with Crippen molar-refractivity contribution in [3.05, 3.63) is 42.5 Å². The Bertz CT molecular complexity index is 920. The third-order valence-corrected chi connectivity index (χ3v) is 4.41. The van der Waals surface area contributed by atoms with Crippen molar-refractivity contribution in [2.75, 3.05) is 5.32 Å². The van der Waals surface area contributed by atoms with Gasteiger partial charge in [-0.2, -0.15) is 16.8 Å². The van der Waals surface area contributed by atoms with E-state index in [1.165, 1.54) is 24.3 Å². The first kappa shape index (κ1) is 16.2. The van der Waals surface area contributed by atoms with Gasteiger partial charge >= 0.3 is 0 Å². The summed E-state index contributed by atoms with van der Waals surface area (Å²) in [4.78, 5) is -0.971. The highest BCUT2D eigenvalue weighted by Crippen LogP contribution is 2.28. The van der Waals surface area contributed by atoms with Gasteiger partial charge in [-0.05, 0) is 30.3 Å². The smallest absolute Gasteiger partial charge is 0.298 e. The topological polar surface area (TPSA) is 141 Å². The molecule has 2 rings (SSSR count). The van der Waals surface area contributed by atoms with Gasteiger partial charge in [0.15, 0.2) is 0 Å². The number of phenolic OH excluding ortho intramolecular Hbond substituents is 1. The summed E-state index contributed by atoms with van der Waals surface area (Å²) in [5.41, 5.74) is 0.534. The normalized spacial score (nSPS) is 12.1. The number of rotatable bonds is 4. The van der Waals surface area contributed by atoms with Crippen molar-refractivity contribution in [1.82, 2.24) is 0 Å². The Hall–Kier alpha value is -2.14. The minimum absolute atomic E-state index is 0.248. The summed E-state index contributed by atoms with van der Waals surface area (Å²) in [6.45, 7) is 0. The van der Waals surface area contributed by atoms with Crippen LogP contribution in [0.1, 0.15) is 0 Å². The molecule has 0 atom stereocenters. The van der Waals surface area contributed by atoms with E-state index in [1.54, 1.807) is 0 Å². The van der Waals surface area contributed by atoms with Gasteiger partial charge in [0, 0.05) is 17.4 Å². The highest BCUT2D eigenvalue weighted by Gasteiger charge is 2.15. The zero-order valence-electron chi connectivity index (χ0n) is 10.8. The number of phenols is 1. The summed E-state index contributed by atoms with van der Waals surface area (Å²) in [6.07, 6.45) is 0. The van der Waals surface area contributed by atoms with Crippen molar-refractivity contribution < 1.29 is 31.0 Å². The van der Waals surface area contributed by atoms with Crippen LogP contribution in [0, 0.1) is 0 Å². The van der Waals surface area contributed by atoms with E-state index < -0.39 is 30.9 Å².